The van der Waals surface area contributed by atoms with Crippen LogP contribution in [-0.2, 0) is 0 Å². The van der Waals surface area contributed by atoms with Crippen molar-refractivity contribution in [3.63, 3.8) is 0 Å². The lowest BCUT2D eigenvalue weighted by Crippen LogP contribution is -2.52. The summed E-state index contributed by atoms with van der Waals surface area (Å²) in [7, 11) is 0. The van der Waals surface area contributed by atoms with Crippen LogP contribution < -0.4 is 5.32 Å². The van der Waals surface area contributed by atoms with E-state index in [0.29, 0.717) is 23.7 Å². The lowest BCUT2D eigenvalue weighted by Gasteiger charge is -2.41. The van der Waals surface area contributed by atoms with Gasteiger partial charge in [-0.2, -0.15) is 0 Å². The molecule has 0 aromatic carbocycles. The maximum absolute atomic E-state index is 12.7. The number of pyridine rings is 1. The summed E-state index contributed by atoms with van der Waals surface area (Å²) in [5.41, 5.74) is 1.47. The Morgan fingerprint density at radius 1 is 1.35 bits per heavy atom. The predicted octanol–water partition coefficient (Wildman–Crippen LogP) is 2.70. The standard InChI is InChI=1S/C18H24N4O/c1-11(2)22-13-5-6-14(22)9-12(8-13)21-18(23)16-10-20-17-15(16)4-3-7-19-17/h3-4,7,10-14H,5-6,8-9H2,1-2H3,(H,19,20)(H,21,23). The fourth-order valence-electron chi connectivity index (χ4n) is 4.58. The molecule has 0 aliphatic carbocycles. The van der Waals surface area contributed by atoms with Crippen molar-refractivity contribution in [2.24, 2.45) is 0 Å². The number of nitrogens with one attached hydrogen (secondary N) is 2. The quantitative estimate of drug-likeness (QED) is 0.916. The van der Waals surface area contributed by atoms with Gasteiger partial charge in [-0.25, -0.2) is 4.98 Å². The summed E-state index contributed by atoms with van der Waals surface area (Å²) < 4.78 is 0. The van der Waals surface area contributed by atoms with Crippen molar-refractivity contribution >= 4 is 16.9 Å². The highest BCUT2D eigenvalue weighted by Gasteiger charge is 2.42. The number of nitrogens with zero attached hydrogens (tertiary/aromatic N) is 2. The van der Waals surface area contributed by atoms with Crippen molar-refractivity contribution in [2.45, 2.75) is 63.7 Å². The molecule has 122 valence electrons. The Kier molecular flexibility index (Phi) is 3.60. The highest BCUT2D eigenvalue weighted by atomic mass is 16.1. The number of piperidine rings is 1. The number of carbonyl (C=O) groups excluding carboxylic acids is 1. The van der Waals surface area contributed by atoms with E-state index in [1.165, 1.54) is 12.8 Å². The molecule has 2 N–H and O–H groups in total. The van der Waals surface area contributed by atoms with Crippen molar-refractivity contribution in [2.75, 3.05) is 0 Å². The molecule has 2 aromatic rings. The first kappa shape index (κ1) is 14.7. The predicted molar refractivity (Wildman–Crippen MR) is 90.4 cm³/mol. The van der Waals surface area contributed by atoms with Crippen molar-refractivity contribution in [1.82, 2.24) is 20.2 Å². The molecule has 2 unspecified atom stereocenters. The Morgan fingerprint density at radius 3 is 2.78 bits per heavy atom. The molecule has 23 heavy (non-hydrogen) atoms. The minimum absolute atomic E-state index is 0.0200. The molecule has 0 spiro atoms. The summed E-state index contributed by atoms with van der Waals surface area (Å²) in [5, 5.41) is 4.16. The van der Waals surface area contributed by atoms with Crippen molar-refractivity contribution in [3.8, 4) is 0 Å². The third-order valence-corrected chi connectivity index (χ3v) is 5.42. The summed E-state index contributed by atoms with van der Waals surface area (Å²) in [6.07, 6.45) is 8.19. The molecule has 4 rings (SSSR count). The van der Waals surface area contributed by atoms with E-state index in [0.717, 1.165) is 23.9 Å². The molecule has 0 saturated carbocycles. The minimum Gasteiger partial charge on any atom is -0.349 e. The van der Waals surface area contributed by atoms with E-state index in [-0.39, 0.29) is 11.9 Å². The normalized spacial score (nSPS) is 27.7. The third kappa shape index (κ3) is 2.53. The second-order valence-corrected chi connectivity index (χ2v) is 7.17. The van der Waals surface area contributed by atoms with Crippen LogP contribution in [0.25, 0.3) is 11.0 Å². The van der Waals surface area contributed by atoms with Gasteiger partial charge in [0, 0.05) is 41.9 Å². The van der Waals surface area contributed by atoms with Gasteiger partial charge in [0.15, 0.2) is 0 Å². The molecule has 1 amide bonds. The first-order chi connectivity index (χ1) is 11.1. The zero-order chi connectivity index (χ0) is 16.0. The molecule has 2 atom stereocenters. The first-order valence-corrected chi connectivity index (χ1v) is 8.64. The molecule has 0 radical (unpaired) electrons. The van der Waals surface area contributed by atoms with Crippen LogP contribution >= 0.6 is 0 Å². The molecule has 2 aliphatic heterocycles. The van der Waals surface area contributed by atoms with Crippen molar-refractivity contribution < 1.29 is 4.79 Å². The van der Waals surface area contributed by atoms with E-state index < -0.39 is 0 Å². The number of carbonyl (C=O) groups is 1. The Bertz CT molecular complexity index is 709. The number of amides is 1. The SMILES string of the molecule is CC(C)N1C2CCC1CC(NC(=O)c1c[nH]c3ncccc13)C2. The highest BCUT2D eigenvalue weighted by Crippen LogP contribution is 2.37. The van der Waals surface area contributed by atoms with Gasteiger partial charge in [0.25, 0.3) is 5.91 Å². The number of rotatable bonds is 3. The van der Waals surface area contributed by atoms with Gasteiger partial charge < -0.3 is 10.3 Å². The lowest BCUT2D eigenvalue weighted by molar-refractivity contribution is 0.0740. The van der Waals surface area contributed by atoms with Gasteiger partial charge in [0.05, 0.1) is 5.56 Å². The zero-order valence-electron chi connectivity index (χ0n) is 13.7. The number of aromatic amines is 1. The zero-order valence-corrected chi connectivity index (χ0v) is 13.7. The summed E-state index contributed by atoms with van der Waals surface area (Å²) in [6.45, 7) is 4.56. The van der Waals surface area contributed by atoms with Gasteiger partial charge in [-0.15, -0.1) is 0 Å². The Morgan fingerprint density at radius 2 is 2.09 bits per heavy atom. The van der Waals surface area contributed by atoms with E-state index in [2.05, 4.69) is 34.0 Å². The van der Waals surface area contributed by atoms with Crippen LogP contribution in [-0.4, -0.2) is 44.9 Å². The van der Waals surface area contributed by atoms with Gasteiger partial charge in [-0.05, 0) is 51.7 Å². The van der Waals surface area contributed by atoms with Crippen LogP contribution in [0.15, 0.2) is 24.5 Å². The molecule has 5 heteroatoms. The topological polar surface area (TPSA) is 61.0 Å². The molecule has 5 nitrogen and oxygen atoms in total. The lowest BCUT2D eigenvalue weighted by atomic mass is 9.95. The van der Waals surface area contributed by atoms with Gasteiger partial charge in [-0.3, -0.25) is 9.69 Å². The van der Waals surface area contributed by atoms with Crippen LogP contribution in [0.5, 0.6) is 0 Å². The fraction of sp³-hybridized carbons (Fsp3) is 0.556. The number of aromatic nitrogens is 2. The average molecular weight is 312 g/mol. The van der Waals surface area contributed by atoms with E-state index in [9.17, 15) is 4.79 Å². The van der Waals surface area contributed by atoms with E-state index in [4.69, 9.17) is 0 Å². The Hall–Kier alpha value is -1.88. The molecular formula is C18H24N4O. The fourth-order valence-corrected chi connectivity index (χ4v) is 4.58. The first-order valence-electron chi connectivity index (χ1n) is 8.64. The van der Waals surface area contributed by atoms with Crippen LogP contribution in [0.4, 0.5) is 0 Å². The van der Waals surface area contributed by atoms with Crippen LogP contribution in [0.2, 0.25) is 0 Å². The number of H-pyrrole nitrogens is 1. The van der Waals surface area contributed by atoms with E-state index in [1.807, 2.05) is 12.1 Å². The molecule has 2 aromatic heterocycles. The Balaban J connectivity index is 1.48. The minimum atomic E-state index is 0.0200. The number of fused-ring (bicyclic) bond motifs is 3. The van der Waals surface area contributed by atoms with Gasteiger partial charge >= 0.3 is 0 Å². The van der Waals surface area contributed by atoms with Crippen LogP contribution in [0.3, 0.4) is 0 Å². The molecule has 2 aliphatic rings. The monoisotopic (exact) mass is 312 g/mol. The van der Waals surface area contributed by atoms with Gasteiger partial charge in [0.2, 0.25) is 0 Å². The molecular weight excluding hydrogens is 288 g/mol. The summed E-state index contributed by atoms with van der Waals surface area (Å²) in [4.78, 5) is 22.6. The molecule has 2 bridgehead atoms. The van der Waals surface area contributed by atoms with E-state index >= 15 is 0 Å². The highest BCUT2D eigenvalue weighted by molar-refractivity contribution is 6.05. The van der Waals surface area contributed by atoms with Gasteiger partial charge in [-0.1, -0.05) is 0 Å². The maximum atomic E-state index is 12.7. The molecule has 2 fully saturated rings. The number of hydrogen-bond donors (Lipinski definition) is 2. The summed E-state index contributed by atoms with van der Waals surface area (Å²) in [6, 6.07) is 5.96. The summed E-state index contributed by atoms with van der Waals surface area (Å²) >= 11 is 0. The van der Waals surface area contributed by atoms with Crippen LogP contribution in [0.1, 0.15) is 49.9 Å². The van der Waals surface area contributed by atoms with E-state index in [1.54, 1.807) is 12.4 Å². The molecule has 2 saturated heterocycles. The van der Waals surface area contributed by atoms with Gasteiger partial charge in [0.1, 0.15) is 5.65 Å². The second kappa shape index (κ2) is 5.64. The average Bonchev–Trinajstić information content (AvgIpc) is 3.07. The van der Waals surface area contributed by atoms with Crippen molar-refractivity contribution in [1.29, 1.82) is 0 Å². The maximum Gasteiger partial charge on any atom is 0.253 e. The largest absolute Gasteiger partial charge is 0.349 e. The summed E-state index contributed by atoms with van der Waals surface area (Å²) in [5.74, 6) is 0.0200. The Labute approximate surface area is 136 Å². The second-order valence-electron chi connectivity index (χ2n) is 7.17. The van der Waals surface area contributed by atoms with Crippen LogP contribution in [0, 0.1) is 0 Å². The van der Waals surface area contributed by atoms with Crippen molar-refractivity contribution in [3.05, 3.63) is 30.1 Å². The third-order valence-electron chi connectivity index (χ3n) is 5.42. The molecule has 4 heterocycles. The number of hydrogen-bond acceptors (Lipinski definition) is 3. The smallest absolute Gasteiger partial charge is 0.253 e.